The molecule has 1 aliphatic heterocycles. The number of piperidine rings is 1. The van der Waals surface area contributed by atoms with Gasteiger partial charge in [-0.15, -0.1) is 0 Å². The van der Waals surface area contributed by atoms with E-state index in [-0.39, 0.29) is 11.9 Å². The summed E-state index contributed by atoms with van der Waals surface area (Å²) in [6, 6.07) is 0.336. The summed E-state index contributed by atoms with van der Waals surface area (Å²) in [5.41, 5.74) is 0. The lowest BCUT2D eigenvalue weighted by Gasteiger charge is -2.32. The standard InChI is InChI=1S/C19H35N3O2/c1-14(2)17-4-6-18(7-5-17)21-19(24)20-11-8-16-9-12-22(13-10-16)15(3)23/h14,16-18H,4-13H2,1-3H3,(H2,20,21,24). The average molecular weight is 338 g/mol. The Morgan fingerprint density at radius 3 is 2.21 bits per heavy atom. The molecule has 0 bridgehead atoms. The maximum atomic E-state index is 12.0. The van der Waals surface area contributed by atoms with Crippen LogP contribution in [0.15, 0.2) is 0 Å². The Kier molecular flexibility index (Phi) is 7.38. The highest BCUT2D eigenvalue weighted by Gasteiger charge is 2.24. The van der Waals surface area contributed by atoms with Crippen LogP contribution in [-0.4, -0.2) is 42.5 Å². The third-order valence-electron chi connectivity index (χ3n) is 5.95. The molecule has 0 spiro atoms. The highest BCUT2D eigenvalue weighted by atomic mass is 16.2. The molecule has 2 fully saturated rings. The molecular weight excluding hydrogens is 302 g/mol. The van der Waals surface area contributed by atoms with E-state index >= 15 is 0 Å². The molecule has 1 saturated carbocycles. The van der Waals surface area contributed by atoms with E-state index in [1.165, 1.54) is 12.8 Å². The third-order valence-corrected chi connectivity index (χ3v) is 5.95. The lowest BCUT2D eigenvalue weighted by atomic mass is 9.80. The van der Waals surface area contributed by atoms with Crippen molar-refractivity contribution in [2.24, 2.45) is 17.8 Å². The number of nitrogens with zero attached hydrogens (tertiary/aromatic N) is 1. The smallest absolute Gasteiger partial charge is 0.315 e. The van der Waals surface area contributed by atoms with Crippen molar-refractivity contribution in [1.82, 2.24) is 15.5 Å². The molecule has 0 aromatic rings. The molecule has 24 heavy (non-hydrogen) atoms. The van der Waals surface area contributed by atoms with Crippen molar-refractivity contribution in [3.05, 3.63) is 0 Å². The minimum absolute atomic E-state index is 0.0100. The first-order chi connectivity index (χ1) is 11.5. The van der Waals surface area contributed by atoms with E-state index in [0.717, 1.165) is 63.6 Å². The Morgan fingerprint density at radius 1 is 1.04 bits per heavy atom. The second-order valence-corrected chi connectivity index (χ2v) is 7.99. The molecule has 3 amide bonds. The molecule has 138 valence electrons. The van der Waals surface area contributed by atoms with Gasteiger partial charge in [0.2, 0.25) is 5.91 Å². The maximum Gasteiger partial charge on any atom is 0.315 e. The lowest BCUT2D eigenvalue weighted by Crippen LogP contribution is -2.44. The zero-order valence-electron chi connectivity index (χ0n) is 15.6. The van der Waals surface area contributed by atoms with Crippen LogP contribution in [0.5, 0.6) is 0 Å². The normalized spacial score (nSPS) is 25.6. The Bertz CT molecular complexity index is 409. The van der Waals surface area contributed by atoms with Gasteiger partial charge in [0, 0.05) is 32.6 Å². The number of hydrogen-bond donors (Lipinski definition) is 2. The predicted octanol–water partition coefficient (Wildman–Crippen LogP) is 3.15. The van der Waals surface area contributed by atoms with Crippen molar-refractivity contribution in [3.63, 3.8) is 0 Å². The molecule has 2 rings (SSSR count). The van der Waals surface area contributed by atoms with Crippen LogP contribution in [0.3, 0.4) is 0 Å². The molecule has 0 aromatic carbocycles. The van der Waals surface area contributed by atoms with Gasteiger partial charge in [-0.3, -0.25) is 4.79 Å². The van der Waals surface area contributed by atoms with Crippen LogP contribution < -0.4 is 10.6 Å². The number of urea groups is 1. The summed E-state index contributed by atoms with van der Waals surface area (Å²) in [5.74, 6) is 2.39. The number of carbonyl (C=O) groups is 2. The molecule has 5 heteroatoms. The molecule has 0 atom stereocenters. The zero-order chi connectivity index (χ0) is 17.5. The van der Waals surface area contributed by atoms with Crippen molar-refractivity contribution < 1.29 is 9.59 Å². The van der Waals surface area contributed by atoms with Gasteiger partial charge in [-0.1, -0.05) is 13.8 Å². The summed E-state index contributed by atoms with van der Waals surface area (Å²) in [5, 5.41) is 6.15. The van der Waals surface area contributed by atoms with E-state index in [1.54, 1.807) is 6.92 Å². The average Bonchev–Trinajstić information content (AvgIpc) is 2.55. The van der Waals surface area contributed by atoms with E-state index in [1.807, 2.05) is 4.90 Å². The van der Waals surface area contributed by atoms with Crippen LogP contribution in [0.1, 0.15) is 65.7 Å². The second kappa shape index (κ2) is 9.28. The van der Waals surface area contributed by atoms with Gasteiger partial charge in [0.25, 0.3) is 0 Å². The van der Waals surface area contributed by atoms with Crippen LogP contribution in [0, 0.1) is 17.8 Å². The van der Waals surface area contributed by atoms with E-state index in [9.17, 15) is 9.59 Å². The van der Waals surface area contributed by atoms with Crippen molar-refractivity contribution in [3.8, 4) is 0 Å². The SMILES string of the molecule is CC(=O)N1CCC(CCNC(=O)NC2CCC(C(C)C)CC2)CC1. The molecular formula is C19H35N3O2. The number of likely N-dealkylation sites (tertiary alicyclic amines) is 1. The molecule has 1 saturated heterocycles. The number of carbonyl (C=O) groups excluding carboxylic acids is 2. The van der Waals surface area contributed by atoms with Crippen molar-refractivity contribution in [2.75, 3.05) is 19.6 Å². The maximum absolute atomic E-state index is 12.0. The summed E-state index contributed by atoms with van der Waals surface area (Å²) in [6.45, 7) is 8.70. The quantitative estimate of drug-likeness (QED) is 0.809. The minimum Gasteiger partial charge on any atom is -0.343 e. The van der Waals surface area contributed by atoms with Crippen LogP contribution in [-0.2, 0) is 4.79 Å². The zero-order valence-corrected chi connectivity index (χ0v) is 15.6. The molecule has 0 unspecified atom stereocenters. The van der Waals surface area contributed by atoms with Crippen LogP contribution in [0.25, 0.3) is 0 Å². The predicted molar refractivity (Wildman–Crippen MR) is 96.7 cm³/mol. The van der Waals surface area contributed by atoms with Crippen LogP contribution in [0.4, 0.5) is 4.79 Å². The van der Waals surface area contributed by atoms with Gasteiger partial charge < -0.3 is 15.5 Å². The van der Waals surface area contributed by atoms with Gasteiger partial charge in [0.15, 0.2) is 0 Å². The van der Waals surface area contributed by atoms with Gasteiger partial charge >= 0.3 is 6.03 Å². The van der Waals surface area contributed by atoms with Crippen molar-refractivity contribution in [2.45, 2.75) is 71.8 Å². The van der Waals surface area contributed by atoms with Gasteiger partial charge in [0.05, 0.1) is 0 Å². The second-order valence-electron chi connectivity index (χ2n) is 7.99. The molecule has 1 aliphatic carbocycles. The first kappa shape index (κ1) is 19.1. The fourth-order valence-electron chi connectivity index (χ4n) is 4.09. The van der Waals surface area contributed by atoms with Gasteiger partial charge in [0.1, 0.15) is 0 Å². The van der Waals surface area contributed by atoms with Gasteiger partial charge in [-0.2, -0.15) is 0 Å². The number of hydrogen-bond acceptors (Lipinski definition) is 2. The number of rotatable bonds is 5. The third kappa shape index (κ3) is 5.99. The summed E-state index contributed by atoms with van der Waals surface area (Å²) < 4.78 is 0. The number of amides is 3. The fraction of sp³-hybridized carbons (Fsp3) is 0.895. The summed E-state index contributed by atoms with van der Waals surface area (Å²) >= 11 is 0. The first-order valence-corrected chi connectivity index (χ1v) is 9.75. The largest absolute Gasteiger partial charge is 0.343 e. The van der Waals surface area contributed by atoms with Crippen LogP contribution >= 0.6 is 0 Å². The van der Waals surface area contributed by atoms with Crippen LogP contribution in [0.2, 0.25) is 0 Å². The Labute approximate surface area is 146 Å². The van der Waals surface area contributed by atoms with Crippen molar-refractivity contribution in [1.29, 1.82) is 0 Å². The minimum atomic E-state index is -0.0100. The van der Waals surface area contributed by atoms with E-state index < -0.39 is 0 Å². The molecule has 2 aliphatic rings. The van der Waals surface area contributed by atoms with E-state index in [2.05, 4.69) is 24.5 Å². The Hall–Kier alpha value is -1.26. The fourth-order valence-corrected chi connectivity index (χ4v) is 4.09. The number of nitrogens with one attached hydrogen (secondary N) is 2. The highest BCUT2D eigenvalue weighted by molar-refractivity contribution is 5.74. The summed E-state index contributed by atoms with van der Waals surface area (Å²) in [7, 11) is 0. The molecule has 1 heterocycles. The summed E-state index contributed by atoms with van der Waals surface area (Å²) in [4.78, 5) is 25.3. The van der Waals surface area contributed by atoms with E-state index in [0.29, 0.717) is 12.0 Å². The molecule has 0 aromatic heterocycles. The lowest BCUT2D eigenvalue weighted by molar-refractivity contribution is -0.130. The Balaban J connectivity index is 1.55. The van der Waals surface area contributed by atoms with Crippen molar-refractivity contribution >= 4 is 11.9 Å². The molecule has 5 nitrogen and oxygen atoms in total. The highest BCUT2D eigenvalue weighted by Crippen LogP contribution is 2.29. The topological polar surface area (TPSA) is 61.4 Å². The Morgan fingerprint density at radius 2 is 1.67 bits per heavy atom. The first-order valence-electron chi connectivity index (χ1n) is 9.75. The van der Waals surface area contributed by atoms with Gasteiger partial charge in [-0.05, 0) is 62.7 Å². The monoisotopic (exact) mass is 337 g/mol. The molecule has 0 radical (unpaired) electrons. The summed E-state index contributed by atoms with van der Waals surface area (Å²) in [6.07, 6.45) is 7.82. The molecule has 2 N–H and O–H groups in total. The van der Waals surface area contributed by atoms with Gasteiger partial charge in [-0.25, -0.2) is 4.79 Å². The van der Waals surface area contributed by atoms with E-state index in [4.69, 9.17) is 0 Å².